The van der Waals surface area contributed by atoms with Crippen molar-refractivity contribution >= 4 is 16.8 Å². The lowest BCUT2D eigenvalue weighted by Gasteiger charge is -2.24. The Bertz CT molecular complexity index is 626. The van der Waals surface area contributed by atoms with Crippen LogP contribution in [-0.2, 0) is 11.8 Å². The summed E-state index contributed by atoms with van der Waals surface area (Å²) in [7, 11) is 1.70. The van der Waals surface area contributed by atoms with Gasteiger partial charge in [0.2, 0.25) is 0 Å². The number of aryl methyl sites for hydroxylation is 1. The average Bonchev–Trinajstić information content (AvgIpc) is 2.73. The molecule has 0 bridgehead atoms. The van der Waals surface area contributed by atoms with Crippen molar-refractivity contribution in [2.45, 2.75) is 6.10 Å². The molecule has 0 amide bonds. The summed E-state index contributed by atoms with van der Waals surface area (Å²) in [6.45, 7) is 3.27. The third kappa shape index (κ3) is 2.50. The van der Waals surface area contributed by atoms with Gasteiger partial charge in [-0.25, -0.2) is 4.79 Å². The molecule has 1 unspecified atom stereocenters. The zero-order chi connectivity index (χ0) is 13.2. The Morgan fingerprint density at radius 2 is 2.42 bits per heavy atom. The molecule has 0 saturated carbocycles. The molecule has 1 aliphatic heterocycles. The first-order chi connectivity index (χ1) is 9.24. The van der Waals surface area contributed by atoms with Gasteiger partial charge in [0.05, 0.1) is 18.2 Å². The van der Waals surface area contributed by atoms with Gasteiger partial charge < -0.3 is 19.8 Å². The molecule has 102 valence electrons. The van der Waals surface area contributed by atoms with E-state index in [1.165, 1.54) is 4.57 Å². The van der Waals surface area contributed by atoms with Gasteiger partial charge in [-0.05, 0) is 18.2 Å². The van der Waals surface area contributed by atoms with Crippen molar-refractivity contribution < 1.29 is 9.15 Å². The van der Waals surface area contributed by atoms with Crippen LogP contribution in [0.25, 0.3) is 11.1 Å². The van der Waals surface area contributed by atoms with Crippen LogP contribution >= 0.6 is 0 Å². The molecule has 0 radical (unpaired) electrons. The second-order valence-electron chi connectivity index (χ2n) is 4.69. The molecule has 2 heterocycles. The second kappa shape index (κ2) is 5.07. The Morgan fingerprint density at radius 3 is 3.21 bits per heavy atom. The van der Waals surface area contributed by atoms with E-state index in [2.05, 4.69) is 10.6 Å². The Hall–Kier alpha value is -1.79. The standard InChI is InChI=1S/C13H17N3O3/c1-16-11-6-9(2-3-12(11)19-13(16)17)15-8-10-7-14-4-5-18-10/h2-3,6,10,14-15H,4-5,7-8H2,1H3. The third-order valence-corrected chi connectivity index (χ3v) is 3.33. The summed E-state index contributed by atoms with van der Waals surface area (Å²) in [6, 6.07) is 5.62. The average molecular weight is 263 g/mol. The summed E-state index contributed by atoms with van der Waals surface area (Å²) >= 11 is 0. The lowest BCUT2D eigenvalue weighted by Crippen LogP contribution is -2.42. The van der Waals surface area contributed by atoms with Gasteiger partial charge in [-0.1, -0.05) is 0 Å². The normalized spacial score (nSPS) is 19.7. The molecule has 1 aromatic heterocycles. The predicted octanol–water partition coefficient (Wildman–Crippen LogP) is 0.532. The zero-order valence-corrected chi connectivity index (χ0v) is 10.8. The van der Waals surface area contributed by atoms with Gasteiger partial charge in [0.15, 0.2) is 5.58 Å². The molecule has 2 N–H and O–H groups in total. The number of oxazole rings is 1. The topological polar surface area (TPSA) is 68.4 Å². The molecule has 6 heteroatoms. The SMILES string of the molecule is Cn1c(=O)oc2ccc(NCC3CNCCO3)cc21. The number of ether oxygens (including phenoxy) is 1. The van der Waals surface area contributed by atoms with E-state index in [1.54, 1.807) is 13.1 Å². The van der Waals surface area contributed by atoms with Crippen LogP contribution in [0.15, 0.2) is 27.4 Å². The summed E-state index contributed by atoms with van der Waals surface area (Å²) in [6.07, 6.45) is 0.178. The van der Waals surface area contributed by atoms with E-state index in [0.717, 1.165) is 37.4 Å². The molecule has 1 atom stereocenters. The molecule has 1 aliphatic rings. The number of aromatic nitrogens is 1. The molecule has 0 aliphatic carbocycles. The highest BCUT2D eigenvalue weighted by Gasteiger charge is 2.13. The fourth-order valence-electron chi connectivity index (χ4n) is 2.22. The van der Waals surface area contributed by atoms with E-state index in [9.17, 15) is 4.79 Å². The van der Waals surface area contributed by atoms with Crippen LogP contribution in [0.4, 0.5) is 5.69 Å². The molecular weight excluding hydrogens is 246 g/mol. The van der Waals surface area contributed by atoms with Crippen molar-refractivity contribution in [3.8, 4) is 0 Å². The molecule has 1 saturated heterocycles. The van der Waals surface area contributed by atoms with E-state index in [-0.39, 0.29) is 11.9 Å². The minimum absolute atomic E-state index is 0.178. The van der Waals surface area contributed by atoms with E-state index < -0.39 is 0 Å². The minimum Gasteiger partial charge on any atom is -0.408 e. The fraction of sp³-hybridized carbons (Fsp3) is 0.462. The van der Waals surface area contributed by atoms with Gasteiger partial charge in [0, 0.05) is 32.4 Å². The number of benzene rings is 1. The number of hydrogen-bond donors (Lipinski definition) is 2. The summed E-state index contributed by atoms with van der Waals surface area (Å²) in [5.74, 6) is -0.341. The van der Waals surface area contributed by atoms with Crippen LogP contribution in [-0.4, -0.2) is 36.9 Å². The maximum atomic E-state index is 11.4. The van der Waals surface area contributed by atoms with Crippen LogP contribution in [0.2, 0.25) is 0 Å². The first-order valence-electron chi connectivity index (χ1n) is 6.40. The van der Waals surface area contributed by atoms with E-state index in [4.69, 9.17) is 9.15 Å². The van der Waals surface area contributed by atoms with Crippen molar-refractivity contribution in [1.82, 2.24) is 9.88 Å². The molecule has 1 aromatic carbocycles. The lowest BCUT2D eigenvalue weighted by atomic mass is 10.2. The lowest BCUT2D eigenvalue weighted by molar-refractivity contribution is 0.0372. The highest BCUT2D eigenvalue weighted by Crippen LogP contribution is 2.17. The minimum atomic E-state index is -0.341. The van der Waals surface area contributed by atoms with Crippen molar-refractivity contribution in [2.75, 3.05) is 31.6 Å². The van der Waals surface area contributed by atoms with Gasteiger partial charge in [-0.2, -0.15) is 0 Å². The van der Waals surface area contributed by atoms with Gasteiger partial charge in [-0.3, -0.25) is 4.57 Å². The van der Waals surface area contributed by atoms with Gasteiger partial charge in [0.1, 0.15) is 0 Å². The largest absolute Gasteiger partial charge is 0.419 e. The van der Waals surface area contributed by atoms with Crippen molar-refractivity contribution in [2.24, 2.45) is 7.05 Å². The molecular formula is C13H17N3O3. The Morgan fingerprint density at radius 1 is 1.53 bits per heavy atom. The maximum absolute atomic E-state index is 11.4. The molecule has 1 fully saturated rings. The van der Waals surface area contributed by atoms with E-state index in [0.29, 0.717) is 5.58 Å². The van der Waals surface area contributed by atoms with Gasteiger partial charge in [-0.15, -0.1) is 0 Å². The summed E-state index contributed by atoms with van der Waals surface area (Å²) in [4.78, 5) is 11.4. The highest BCUT2D eigenvalue weighted by atomic mass is 16.5. The predicted molar refractivity (Wildman–Crippen MR) is 72.6 cm³/mol. The Balaban J connectivity index is 1.74. The summed E-state index contributed by atoms with van der Waals surface area (Å²) in [5.41, 5.74) is 2.35. The molecule has 19 heavy (non-hydrogen) atoms. The van der Waals surface area contributed by atoms with Crippen molar-refractivity contribution in [1.29, 1.82) is 0 Å². The first-order valence-corrected chi connectivity index (χ1v) is 6.40. The second-order valence-corrected chi connectivity index (χ2v) is 4.69. The third-order valence-electron chi connectivity index (χ3n) is 3.33. The molecule has 2 aromatic rings. The number of hydrogen-bond acceptors (Lipinski definition) is 5. The van der Waals surface area contributed by atoms with Crippen LogP contribution in [0, 0.1) is 0 Å². The summed E-state index contributed by atoms with van der Waals surface area (Å²) < 4.78 is 12.2. The molecule has 3 rings (SSSR count). The van der Waals surface area contributed by atoms with Crippen molar-refractivity contribution in [3.63, 3.8) is 0 Å². The molecule has 0 spiro atoms. The first kappa shape index (κ1) is 12.3. The Labute approximate surface area is 110 Å². The number of rotatable bonds is 3. The number of nitrogens with zero attached hydrogens (tertiary/aromatic N) is 1. The van der Waals surface area contributed by atoms with Crippen LogP contribution in [0.5, 0.6) is 0 Å². The van der Waals surface area contributed by atoms with Crippen LogP contribution in [0.3, 0.4) is 0 Å². The van der Waals surface area contributed by atoms with Crippen LogP contribution in [0.1, 0.15) is 0 Å². The number of nitrogens with one attached hydrogen (secondary N) is 2. The number of anilines is 1. The zero-order valence-electron chi connectivity index (χ0n) is 10.8. The fourth-order valence-corrected chi connectivity index (χ4v) is 2.22. The van der Waals surface area contributed by atoms with Crippen LogP contribution < -0.4 is 16.4 Å². The van der Waals surface area contributed by atoms with E-state index >= 15 is 0 Å². The number of morpholine rings is 1. The molecule has 6 nitrogen and oxygen atoms in total. The monoisotopic (exact) mass is 263 g/mol. The maximum Gasteiger partial charge on any atom is 0.419 e. The Kier molecular flexibility index (Phi) is 3.27. The van der Waals surface area contributed by atoms with E-state index in [1.807, 2.05) is 12.1 Å². The highest BCUT2D eigenvalue weighted by molar-refractivity contribution is 5.77. The smallest absolute Gasteiger partial charge is 0.408 e. The quantitative estimate of drug-likeness (QED) is 0.845. The van der Waals surface area contributed by atoms with Crippen molar-refractivity contribution in [3.05, 3.63) is 28.7 Å². The number of fused-ring (bicyclic) bond motifs is 1. The van der Waals surface area contributed by atoms with Gasteiger partial charge in [0.25, 0.3) is 0 Å². The summed E-state index contributed by atoms with van der Waals surface area (Å²) in [5, 5.41) is 6.61. The van der Waals surface area contributed by atoms with Gasteiger partial charge >= 0.3 is 5.76 Å².